The van der Waals surface area contributed by atoms with Crippen LogP contribution in [0.4, 0.5) is 11.4 Å². The van der Waals surface area contributed by atoms with Crippen LogP contribution in [0.1, 0.15) is 17.7 Å². The average molecular weight is 483 g/mol. The second-order valence-corrected chi connectivity index (χ2v) is 8.27. The zero-order chi connectivity index (χ0) is 24.4. The lowest BCUT2D eigenvalue weighted by Gasteiger charge is -2.21. The van der Waals surface area contributed by atoms with Crippen LogP contribution in [-0.2, 0) is 23.2 Å². The Kier molecular flexibility index (Phi) is 6.46. The number of carbonyl (C=O) groups excluding carboxylic acids is 2. The minimum absolute atomic E-state index is 0.00422. The lowest BCUT2D eigenvalue weighted by atomic mass is 10.1. The zero-order valence-corrected chi connectivity index (χ0v) is 19.7. The number of amides is 2. The normalized spacial score (nSPS) is 15.7. The third-order valence-corrected chi connectivity index (χ3v) is 6.02. The van der Waals surface area contributed by atoms with Gasteiger partial charge in [-0.1, -0.05) is 22.4 Å². The number of aromatic nitrogens is 2. The number of hydrogen-bond acceptors (Lipinski definition) is 6. The molecule has 0 aliphatic carbocycles. The third kappa shape index (κ3) is 4.55. The number of rotatable bonds is 7. The molecule has 10 nitrogen and oxygen atoms in total. The first-order valence-electron chi connectivity index (χ1n) is 10.5. The van der Waals surface area contributed by atoms with Crippen molar-refractivity contribution in [2.75, 3.05) is 17.3 Å². The predicted octanol–water partition coefficient (Wildman–Crippen LogP) is 1.64. The van der Waals surface area contributed by atoms with Gasteiger partial charge in [-0.3, -0.25) is 19.0 Å². The zero-order valence-electron chi connectivity index (χ0n) is 18.9. The molecule has 0 radical (unpaired) electrons. The van der Waals surface area contributed by atoms with Crippen LogP contribution >= 0.6 is 12.2 Å². The SMILES string of the molecule is COc1ccc(NC(=O)CC2C(=O)N(c3ccc(C)cc3)C(=S)N2Cc2c(=O)o[nH][n+]2C)cc1. The number of nitrogens with zero attached hydrogens (tertiary/aromatic N) is 3. The van der Waals surface area contributed by atoms with Gasteiger partial charge in [-0.05, 0) is 60.8 Å². The second-order valence-electron chi connectivity index (χ2n) is 7.90. The van der Waals surface area contributed by atoms with E-state index in [4.69, 9.17) is 21.5 Å². The number of thiocarbonyl (C=S) groups is 1. The van der Waals surface area contributed by atoms with E-state index in [1.165, 1.54) is 9.58 Å². The molecule has 2 N–H and O–H groups in total. The molecule has 0 spiro atoms. The highest BCUT2D eigenvalue weighted by atomic mass is 32.1. The Morgan fingerprint density at radius 1 is 1.18 bits per heavy atom. The number of methoxy groups -OCH3 is 1. The highest BCUT2D eigenvalue weighted by molar-refractivity contribution is 7.80. The Labute approximate surface area is 200 Å². The highest BCUT2D eigenvalue weighted by Crippen LogP contribution is 2.28. The molecule has 11 heteroatoms. The van der Waals surface area contributed by atoms with Crippen LogP contribution < -0.4 is 25.3 Å². The lowest BCUT2D eigenvalue weighted by Crippen LogP contribution is -2.44. The highest BCUT2D eigenvalue weighted by Gasteiger charge is 2.45. The fourth-order valence-electron chi connectivity index (χ4n) is 3.70. The smallest absolute Gasteiger partial charge is 0.431 e. The molecule has 2 aromatic carbocycles. The quantitative estimate of drug-likeness (QED) is 0.389. The van der Waals surface area contributed by atoms with Gasteiger partial charge in [0.2, 0.25) is 5.91 Å². The van der Waals surface area contributed by atoms with E-state index in [1.54, 1.807) is 55.5 Å². The van der Waals surface area contributed by atoms with Gasteiger partial charge < -0.3 is 15.0 Å². The van der Waals surface area contributed by atoms with E-state index in [9.17, 15) is 14.4 Å². The molecule has 176 valence electrons. The van der Waals surface area contributed by atoms with Crippen LogP contribution in [0, 0.1) is 6.92 Å². The van der Waals surface area contributed by atoms with Gasteiger partial charge in [-0.2, -0.15) is 0 Å². The van der Waals surface area contributed by atoms with Gasteiger partial charge in [0.15, 0.2) is 12.2 Å². The molecule has 34 heavy (non-hydrogen) atoms. The number of benzene rings is 2. The summed E-state index contributed by atoms with van der Waals surface area (Å²) in [6.45, 7) is 1.94. The number of hydrogen-bond donors (Lipinski definition) is 2. The number of nitrogens with one attached hydrogen (secondary N) is 2. The van der Waals surface area contributed by atoms with Gasteiger partial charge >= 0.3 is 11.3 Å². The van der Waals surface area contributed by atoms with Crippen LogP contribution in [-0.4, -0.2) is 40.2 Å². The van der Waals surface area contributed by atoms with Crippen molar-refractivity contribution in [1.29, 1.82) is 0 Å². The molecule has 1 aromatic heterocycles. The molecule has 2 heterocycles. The Morgan fingerprint density at radius 3 is 2.44 bits per heavy atom. The first-order chi connectivity index (χ1) is 16.3. The molecule has 0 saturated carbocycles. The minimum atomic E-state index is -0.902. The topological polar surface area (TPSA) is 112 Å². The Balaban J connectivity index is 1.61. The van der Waals surface area contributed by atoms with Crippen LogP contribution in [0.2, 0.25) is 0 Å². The van der Waals surface area contributed by atoms with Gasteiger partial charge in [0, 0.05) is 5.69 Å². The molecule has 0 bridgehead atoms. The molecular formula is C23H24N5O5S+. The van der Waals surface area contributed by atoms with Crippen molar-refractivity contribution < 1.29 is 23.5 Å². The second kappa shape index (κ2) is 9.48. The third-order valence-electron chi connectivity index (χ3n) is 5.60. The largest absolute Gasteiger partial charge is 0.497 e. The van der Waals surface area contributed by atoms with Gasteiger partial charge in [-0.25, -0.2) is 4.79 Å². The summed E-state index contributed by atoms with van der Waals surface area (Å²) >= 11 is 5.63. The number of H-pyrrole nitrogens is 1. The van der Waals surface area contributed by atoms with E-state index in [0.717, 1.165) is 5.56 Å². The molecule has 1 aliphatic heterocycles. The number of aromatic amines is 1. The van der Waals surface area contributed by atoms with Gasteiger partial charge in [0.25, 0.3) is 5.91 Å². The fraction of sp³-hybridized carbons (Fsp3) is 0.261. The maximum absolute atomic E-state index is 13.5. The molecule has 1 atom stereocenters. The van der Waals surface area contributed by atoms with Crippen LogP contribution in [0.15, 0.2) is 57.8 Å². The predicted molar refractivity (Wildman–Crippen MR) is 127 cm³/mol. The summed E-state index contributed by atoms with van der Waals surface area (Å²) in [7, 11) is 3.17. The van der Waals surface area contributed by atoms with Crippen molar-refractivity contribution in [2.45, 2.75) is 25.9 Å². The summed E-state index contributed by atoms with van der Waals surface area (Å²) in [6.07, 6.45) is -0.160. The van der Waals surface area contributed by atoms with Crippen molar-refractivity contribution in [3.05, 3.63) is 70.2 Å². The number of carbonyl (C=O) groups is 2. The number of ether oxygens (including phenoxy) is 1. The van der Waals surface area contributed by atoms with E-state index >= 15 is 0 Å². The number of aryl methyl sites for hydroxylation is 2. The fourth-order valence-corrected chi connectivity index (χ4v) is 4.09. The molecule has 2 amide bonds. The summed E-state index contributed by atoms with van der Waals surface area (Å²) in [6, 6.07) is 13.3. The van der Waals surface area contributed by atoms with Gasteiger partial charge in [-0.15, -0.1) is 0 Å². The Morgan fingerprint density at radius 2 is 1.85 bits per heavy atom. The van der Waals surface area contributed by atoms with Gasteiger partial charge in [0.1, 0.15) is 18.3 Å². The van der Waals surface area contributed by atoms with Crippen molar-refractivity contribution >= 4 is 40.5 Å². The van der Waals surface area contributed by atoms with Crippen LogP contribution in [0.5, 0.6) is 5.75 Å². The van der Waals surface area contributed by atoms with E-state index in [0.29, 0.717) is 17.1 Å². The van der Waals surface area contributed by atoms with E-state index < -0.39 is 11.7 Å². The van der Waals surface area contributed by atoms with Crippen molar-refractivity contribution in [1.82, 2.24) is 10.2 Å². The molecule has 1 unspecified atom stereocenters. The maximum atomic E-state index is 13.5. The van der Waals surface area contributed by atoms with Gasteiger partial charge in [0.05, 0.1) is 19.2 Å². The van der Waals surface area contributed by atoms with E-state index in [2.05, 4.69) is 10.6 Å². The standard InChI is InChI=1S/C23H23N5O5S/c1-14-4-8-16(9-5-14)28-21(30)18(12-20(29)24-15-6-10-17(32-3)11-7-15)27(23(28)34)13-19-22(31)33-25-26(19)2/h4-11,18H,12-13H2,1-3H3,(H-,24,25,29,31)/p+1. The van der Waals surface area contributed by atoms with Crippen molar-refractivity contribution in [3.8, 4) is 5.75 Å². The average Bonchev–Trinajstić information content (AvgIpc) is 3.25. The summed E-state index contributed by atoms with van der Waals surface area (Å²) in [5, 5.41) is 5.45. The van der Waals surface area contributed by atoms with E-state index in [-0.39, 0.29) is 35.6 Å². The molecular weight excluding hydrogens is 458 g/mol. The molecule has 3 aromatic rings. The first kappa shape index (κ1) is 23.2. The first-order valence-corrected chi connectivity index (χ1v) is 10.9. The monoisotopic (exact) mass is 482 g/mol. The summed E-state index contributed by atoms with van der Waals surface area (Å²) < 4.78 is 11.4. The van der Waals surface area contributed by atoms with Crippen molar-refractivity contribution in [2.24, 2.45) is 7.05 Å². The number of anilines is 2. The Bertz CT molecular complexity index is 1280. The van der Waals surface area contributed by atoms with Crippen LogP contribution in [0.25, 0.3) is 0 Å². The van der Waals surface area contributed by atoms with Crippen LogP contribution in [0.3, 0.4) is 0 Å². The lowest BCUT2D eigenvalue weighted by molar-refractivity contribution is -0.746. The van der Waals surface area contributed by atoms with E-state index in [1.807, 2.05) is 19.1 Å². The summed E-state index contributed by atoms with van der Waals surface area (Å²) in [5.74, 6) is -0.0544. The summed E-state index contributed by atoms with van der Waals surface area (Å²) in [4.78, 5) is 41.5. The maximum Gasteiger partial charge on any atom is 0.431 e. The van der Waals surface area contributed by atoms with Crippen molar-refractivity contribution in [3.63, 3.8) is 0 Å². The minimum Gasteiger partial charge on any atom is -0.497 e. The molecule has 4 rings (SSSR count). The summed E-state index contributed by atoms with van der Waals surface area (Å²) in [5.41, 5.74) is 1.88. The molecule has 1 aliphatic rings. The molecule has 1 saturated heterocycles. The Hall–Kier alpha value is -3.99. The molecule has 1 fully saturated rings.